The van der Waals surface area contributed by atoms with Crippen molar-refractivity contribution >= 4 is 10.9 Å². The van der Waals surface area contributed by atoms with Crippen molar-refractivity contribution in [2.75, 3.05) is 26.2 Å². The van der Waals surface area contributed by atoms with Gasteiger partial charge in [-0.05, 0) is 68.0 Å². The summed E-state index contributed by atoms with van der Waals surface area (Å²) >= 11 is 0. The Kier molecular flexibility index (Phi) is 4.94. The number of fused-ring (bicyclic) bond motifs is 1. The summed E-state index contributed by atoms with van der Waals surface area (Å²) in [7, 11) is 0. The number of nitrogens with one attached hydrogen (secondary N) is 1. The van der Waals surface area contributed by atoms with Gasteiger partial charge in [0.1, 0.15) is 0 Å². The molecule has 2 aromatic rings. The third-order valence-corrected chi connectivity index (χ3v) is 4.45. The van der Waals surface area contributed by atoms with Gasteiger partial charge in [-0.25, -0.2) is 0 Å². The van der Waals surface area contributed by atoms with Crippen LogP contribution in [0.4, 0.5) is 0 Å². The zero-order valence-corrected chi connectivity index (χ0v) is 13.1. The number of likely N-dealkylation sites (tertiary alicyclic amines) is 1. The average molecular weight is 285 g/mol. The third-order valence-electron chi connectivity index (χ3n) is 4.45. The number of rotatable bonds is 7. The molecule has 0 spiro atoms. The normalized spacial score (nSPS) is 16.0. The number of benzene rings is 1. The maximum absolute atomic E-state index is 3.47. The number of hydrogen-bond donors (Lipinski definition) is 1. The Hall–Kier alpha value is -1.32. The first kappa shape index (κ1) is 14.6. The van der Waals surface area contributed by atoms with Crippen LogP contribution >= 0.6 is 0 Å². The Morgan fingerprint density at radius 3 is 2.76 bits per heavy atom. The van der Waals surface area contributed by atoms with Gasteiger partial charge >= 0.3 is 0 Å². The lowest BCUT2D eigenvalue weighted by Gasteiger charge is -2.15. The van der Waals surface area contributed by atoms with Crippen molar-refractivity contribution in [1.29, 1.82) is 0 Å². The number of nitrogens with zero attached hydrogens (tertiary/aromatic N) is 2. The second kappa shape index (κ2) is 7.10. The molecule has 0 unspecified atom stereocenters. The van der Waals surface area contributed by atoms with Crippen molar-refractivity contribution < 1.29 is 0 Å². The van der Waals surface area contributed by atoms with E-state index in [1.807, 2.05) is 0 Å². The van der Waals surface area contributed by atoms with Crippen LogP contribution in [0, 0.1) is 0 Å². The van der Waals surface area contributed by atoms with Crippen molar-refractivity contribution in [3.8, 4) is 0 Å². The SMILES string of the molecule is CCCNCc1ccc2c(ccn2CCN2CCCC2)c1. The predicted molar refractivity (Wildman–Crippen MR) is 89.6 cm³/mol. The summed E-state index contributed by atoms with van der Waals surface area (Å²) in [5.74, 6) is 0. The van der Waals surface area contributed by atoms with Gasteiger partial charge in [-0.1, -0.05) is 13.0 Å². The van der Waals surface area contributed by atoms with Crippen LogP contribution in [0.3, 0.4) is 0 Å². The molecule has 1 aromatic carbocycles. The lowest BCUT2D eigenvalue weighted by molar-refractivity contribution is 0.324. The van der Waals surface area contributed by atoms with Crippen molar-refractivity contribution in [2.45, 2.75) is 39.3 Å². The molecule has 1 N–H and O–H groups in total. The molecule has 3 heteroatoms. The summed E-state index contributed by atoms with van der Waals surface area (Å²) in [6, 6.07) is 9.12. The van der Waals surface area contributed by atoms with Gasteiger partial charge in [0.05, 0.1) is 0 Å². The van der Waals surface area contributed by atoms with E-state index in [4.69, 9.17) is 0 Å². The molecular formula is C18H27N3. The molecule has 1 saturated heterocycles. The van der Waals surface area contributed by atoms with E-state index in [2.05, 4.69) is 52.2 Å². The molecule has 114 valence electrons. The largest absolute Gasteiger partial charge is 0.346 e. The molecule has 1 aliphatic heterocycles. The van der Waals surface area contributed by atoms with Gasteiger partial charge in [-0.15, -0.1) is 0 Å². The molecule has 1 aliphatic rings. The summed E-state index contributed by atoms with van der Waals surface area (Å²) < 4.78 is 2.40. The summed E-state index contributed by atoms with van der Waals surface area (Å²) in [4.78, 5) is 2.58. The molecule has 1 fully saturated rings. The highest BCUT2D eigenvalue weighted by Gasteiger charge is 2.11. The number of hydrogen-bond acceptors (Lipinski definition) is 2. The van der Waals surface area contributed by atoms with Gasteiger partial charge < -0.3 is 14.8 Å². The first-order chi connectivity index (χ1) is 10.4. The Morgan fingerprint density at radius 2 is 1.95 bits per heavy atom. The van der Waals surface area contributed by atoms with E-state index in [0.717, 1.165) is 19.6 Å². The van der Waals surface area contributed by atoms with E-state index in [-0.39, 0.29) is 0 Å². The topological polar surface area (TPSA) is 20.2 Å². The standard InChI is InChI=1S/C18H27N3/c1-2-8-19-15-16-5-6-18-17(14-16)7-11-21(18)13-12-20-9-3-4-10-20/h5-7,11,14,19H,2-4,8-10,12-13,15H2,1H3. The fraction of sp³-hybridized carbons (Fsp3) is 0.556. The minimum Gasteiger partial charge on any atom is -0.346 e. The van der Waals surface area contributed by atoms with Gasteiger partial charge in [0.25, 0.3) is 0 Å². The van der Waals surface area contributed by atoms with E-state index in [0.29, 0.717) is 0 Å². The quantitative estimate of drug-likeness (QED) is 0.788. The monoisotopic (exact) mass is 285 g/mol. The van der Waals surface area contributed by atoms with Crippen LogP contribution in [0.15, 0.2) is 30.5 Å². The Labute approximate surface area is 127 Å². The van der Waals surface area contributed by atoms with Crippen LogP contribution in [0.1, 0.15) is 31.7 Å². The van der Waals surface area contributed by atoms with E-state index in [9.17, 15) is 0 Å². The van der Waals surface area contributed by atoms with Crippen LogP contribution in [-0.2, 0) is 13.1 Å². The number of aromatic nitrogens is 1. The van der Waals surface area contributed by atoms with E-state index in [1.54, 1.807) is 0 Å². The molecule has 0 saturated carbocycles. The second-order valence-corrected chi connectivity index (χ2v) is 6.13. The molecule has 0 radical (unpaired) electrons. The Bertz CT molecular complexity index is 567. The molecule has 3 rings (SSSR count). The van der Waals surface area contributed by atoms with E-state index in [1.165, 1.54) is 55.4 Å². The van der Waals surface area contributed by atoms with Gasteiger partial charge in [-0.2, -0.15) is 0 Å². The minimum atomic E-state index is 0.975. The molecule has 0 amide bonds. The molecule has 0 bridgehead atoms. The van der Waals surface area contributed by atoms with Gasteiger partial charge in [0.2, 0.25) is 0 Å². The fourth-order valence-corrected chi connectivity index (χ4v) is 3.22. The molecule has 3 nitrogen and oxygen atoms in total. The van der Waals surface area contributed by atoms with Crippen LogP contribution < -0.4 is 5.32 Å². The average Bonchev–Trinajstić information content (AvgIpc) is 3.14. The lowest BCUT2D eigenvalue weighted by atomic mass is 10.1. The highest BCUT2D eigenvalue weighted by Crippen LogP contribution is 2.18. The smallest absolute Gasteiger partial charge is 0.0480 e. The lowest BCUT2D eigenvalue weighted by Crippen LogP contribution is -2.23. The van der Waals surface area contributed by atoms with Crippen molar-refractivity contribution in [3.05, 3.63) is 36.0 Å². The van der Waals surface area contributed by atoms with E-state index < -0.39 is 0 Å². The van der Waals surface area contributed by atoms with Gasteiger partial charge in [0, 0.05) is 31.3 Å². The van der Waals surface area contributed by atoms with Crippen molar-refractivity contribution in [1.82, 2.24) is 14.8 Å². The third kappa shape index (κ3) is 3.66. The zero-order chi connectivity index (χ0) is 14.5. The van der Waals surface area contributed by atoms with E-state index >= 15 is 0 Å². The second-order valence-electron chi connectivity index (χ2n) is 6.13. The molecule has 0 aliphatic carbocycles. The Balaban J connectivity index is 1.64. The minimum absolute atomic E-state index is 0.975. The predicted octanol–water partition coefficient (Wildman–Crippen LogP) is 3.24. The highest BCUT2D eigenvalue weighted by atomic mass is 15.2. The van der Waals surface area contributed by atoms with Gasteiger partial charge in [0.15, 0.2) is 0 Å². The molecule has 0 atom stereocenters. The van der Waals surface area contributed by atoms with Crippen molar-refractivity contribution in [2.24, 2.45) is 0 Å². The van der Waals surface area contributed by atoms with Crippen LogP contribution in [0.25, 0.3) is 10.9 Å². The van der Waals surface area contributed by atoms with Crippen LogP contribution in [0.5, 0.6) is 0 Å². The molecular weight excluding hydrogens is 258 g/mol. The summed E-state index contributed by atoms with van der Waals surface area (Å²) in [5.41, 5.74) is 2.75. The fourth-order valence-electron chi connectivity index (χ4n) is 3.22. The molecule has 2 heterocycles. The molecule has 1 aromatic heterocycles. The first-order valence-corrected chi connectivity index (χ1v) is 8.37. The van der Waals surface area contributed by atoms with Crippen LogP contribution in [-0.4, -0.2) is 35.6 Å². The van der Waals surface area contributed by atoms with Crippen molar-refractivity contribution in [3.63, 3.8) is 0 Å². The highest BCUT2D eigenvalue weighted by molar-refractivity contribution is 5.80. The van der Waals surface area contributed by atoms with Crippen LogP contribution in [0.2, 0.25) is 0 Å². The summed E-state index contributed by atoms with van der Waals surface area (Å²) in [6.45, 7) is 9.13. The molecule has 21 heavy (non-hydrogen) atoms. The maximum Gasteiger partial charge on any atom is 0.0480 e. The maximum atomic E-state index is 3.47. The zero-order valence-electron chi connectivity index (χ0n) is 13.1. The summed E-state index contributed by atoms with van der Waals surface area (Å²) in [5, 5.41) is 4.84. The van der Waals surface area contributed by atoms with Gasteiger partial charge in [-0.3, -0.25) is 0 Å². The first-order valence-electron chi connectivity index (χ1n) is 8.37. The summed E-state index contributed by atoms with van der Waals surface area (Å²) in [6.07, 6.45) is 6.18. The Morgan fingerprint density at radius 1 is 1.10 bits per heavy atom.